The first-order chi connectivity index (χ1) is 15.2. The molecule has 0 bridgehead atoms. The zero-order valence-corrected chi connectivity index (χ0v) is 17.4. The Hall–Kier alpha value is -3.47. The van der Waals surface area contributed by atoms with Crippen LogP contribution in [-0.4, -0.2) is 30.3 Å². The Labute approximate surface area is 182 Å². The molecule has 1 fully saturated rings. The van der Waals surface area contributed by atoms with Crippen LogP contribution in [0.4, 0.5) is 4.39 Å². The molecular weight excluding hydrogens is 391 g/mol. The Morgan fingerprint density at radius 2 is 1.48 bits per heavy atom. The minimum Gasteiger partial charge on any atom is -0.355 e. The number of benzene rings is 3. The Morgan fingerprint density at radius 3 is 2.10 bits per heavy atom. The van der Waals surface area contributed by atoms with Crippen LogP contribution in [0, 0.1) is 5.82 Å². The summed E-state index contributed by atoms with van der Waals surface area (Å²) < 4.78 is 13.7. The van der Waals surface area contributed by atoms with E-state index in [2.05, 4.69) is 17.4 Å². The second kappa shape index (κ2) is 11.6. The number of rotatable bonds is 5. The molecule has 5 heteroatoms. The molecule has 0 radical (unpaired) electrons. The normalized spacial score (nSPS) is 13.6. The maximum atomic E-state index is 13.7. The summed E-state index contributed by atoms with van der Waals surface area (Å²) in [4.78, 5) is 24.0. The highest BCUT2D eigenvalue weighted by Crippen LogP contribution is 2.28. The van der Waals surface area contributed by atoms with E-state index in [0.29, 0.717) is 32.0 Å². The molecule has 1 N–H and O–H groups in total. The van der Waals surface area contributed by atoms with Gasteiger partial charge in [-0.15, -0.1) is 0 Å². The van der Waals surface area contributed by atoms with Crippen LogP contribution < -0.4 is 5.32 Å². The molecule has 0 aromatic heterocycles. The van der Waals surface area contributed by atoms with Crippen molar-refractivity contribution in [3.8, 4) is 0 Å². The van der Waals surface area contributed by atoms with E-state index in [1.54, 1.807) is 23.1 Å². The zero-order valence-electron chi connectivity index (χ0n) is 17.4. The zero-order chi connectivity index (χ0) is 21.9. The molecule has 0 atom stereocenters. The average Bonchev–Trinajstić information content (AvgIpc) is 2.84. The molecular formula is C26H27FN2O2. The predicted molar refractivity (Wildman–Crippen MR) is 120 cm³/mol. The van der Waals surface area contributed by atoms with Crippen molar-refractivity contribution in [2.24, 2.45) is 0 Å². The van der Waals surface area contributed by atoms with Gasteiger partial charge in [0.2, 0.25) is 6.41 Å². The van der Waals surface area contributed by atoms with Gasteiger partial charge in [0.1, 0.15) is 5.82 Å². The molecule has 0 saturated carbocycles. The van der Waals surface area contributed by atoms with Crippen LogP contribution in [0.15, 0.2) is 84.9 Å². The van der Waals surface area contributed by atoms with E-state index in [9.17, 15) is 14.0 Å². The third kappa shape index (κ3) is 6.51. The molecule has 1 saturated heterocycles. The fourth-order valence-corrected chi connectivity index (χ4v) is 3.70. The summed E-state index contributed by atoms with van der Waals surface area (Å²) in [5.41, 5.74) is 2.63. The van der Waals surface area contributed by atoms with Gasteiger partial charge in [-0.05, 0) is 42.0 Å². The lowest BCUT2D eigenvalue weighted by Gasteiger charge is -2.32. The molecule has 4 rings (SSSR count). The fraction of sp³-hybridized carbons (Fsp3) is 0.231. The molecule has 0 aliphatic carbocycles. The van der Waals surface area contributed by atoms with Gasteiger partial charge >= 0.3 is 0 Å². The van der Waals surface area contributed by atoms with Gasteiger partial charge in [-0.2, -0.15) is 0 Å². The molecule has 160 valence electrons. The Balaban J connectivity index is 0.000000229. The SMILES string of the molecule is O=C(c1ccccc1F)N1CCC(c2ccccc2)CC1.O=CNCc1ccccc1. The van der Waals surface area contributed by atoms with Gasteiger partial charge in [0, 0.05) is 19.6 Å². The third-order valence-corrected chi connectivity index (χ3v) is 5.39. The number of likely N-dealkylation sites (tertiary alicyclic amines) is 1. The van der Waals surface area contributed by atoms with Crippen molar-refractivity contribution in [1.82, 2.24) is 10.2 Å². The number of carbonyl (C=O) groups excluding carboxylic acids is 2. The van der Waals surface area contributed by atoms with E-state index in [1.807, 2.05) is 48.5 Å². The standard InChI is InChI=1S/C18H18FNO.C8H9NO/c19-17-9-5-4-8-16(17)18(21)20-12-10-15(11-13-20)14-6-2-1-3-7-14;10-7-9-6-8-4-2-1-3-5-8/h1-9,15H,10-13H2;1-5,7H,6H2,(H,9,10). The van der Waals surface area contributed by atoms with E-state index in [-0.39, 0.29) is 11.5 Å². The third-order valence-electron chi connectivity index (χ3n) is 5.39. The van der Waals surface area contributed by atoms with Crippen molar-refractivity contribution in [2.75, 3.05) is 13.1 Å². The molecule has 0 unspecified atom stereocenters. The van der Waals surface area contributed by atoms with Crippen LogP contribution in [0.2, 0.25) is 0 Å². The first-order valence-corrected chi connectivity index (χ1v) is 10.5. The van der Waals surface area contributed by atoms with E-state index in [4.69, 9.17) is 0 Å². The predicted octanol–water partition coefficient (Wildman–Crippen LogP) is 4.78. The van der Waals surface area contributed by atoms with Gasteiger partial charge in [-0.3, -0.25) is 9.59 Å². The molecule has 1 aliphatic rings. The van der Waals surface area contributed by atoms with Crippen molar-refractivity contribution in [3.63, 3.8) is 0 Å². The van der Waals surface area contributed by atoms with Crippen LogP contribution in [0.3, 0.4) is 0 Å². The highest BCUT2D eigenvalue weighted by molar-refractivity contribution is 5.94. The van der Waals surface area contributed by atoms with Crippen LogP contribution in [0.1, 0.15) is 40.2 Å². The van der Waals surface area contributed by atoms with Crippen LogP contribution in [0.5, 0.6) is 0 Å². The first-order valence-electron chi connectivity index (χ1n) is 10.5. The minimum absolute atomic E-state index is 0.177. The molecule has 1 heterocycles. The molecule has 3 aromatic carbocycles. The van der Waals surface area contributed by atoms with Gasteiger partial charge in [0.25, 0.3) is 5.91 Å². The summed E-state index contributed by atoms with van der Waals surface area (Å²) in [7, 11) is 0. The van der Waals surface area contributed by atoms with Gasteiger partial charge in [-0.1, -0.05) is 72.8 Å². The lowest BCUT2D eigenvalue weighted by atomic mass is 9.89. The van der Waals surface area contributed by atoms with E-state index >= 15 is 0 Å². The highest BCUT2D eigenvalue weighted by Gasteiger charge is 2.25. The Morgan fingerprint density at radius 1 is 0.903 bits per heavy atom. The first kappa shape index (κ1) is 22.2. The lowest BCUT2D eigenvalue weighted by Crippen LogP contribution is -2.38. The average molecular weight is 419 g/mol. The summed E-state index contributed by atoms with van der Waals surface area (Å²) in [5, 5.41) is 2.58. The largest absolute Gasteiger partial charge is 0.355 e. The van der Waals surface area contributed by atoms with Crippen LogP contribution >= 0.6 is 0 Å². The van der Waals surface area contributed by atoms with E-state index < -0.39 is 5.82 Å². The number of nitrogens with zero attached hydrogens (tertiary/aromatic N) is 1. The molecule has 1 aliphatic heterocycles. The van der Waals surface area contributed by atoms with Crippen molar-refractivity contribution >= 4 is 12.3 Å². The summed E-state index contributed by atoms with van der Waals surface area (Å²) in [6.07, 6.45) is 2.57. The molecule has 31 heavy (non-hydrogen) atoms. The number of piperidine rings is 1. The highest BCUT2D eigenvalue weighted by atomic mass is 19.1. The van der Waals surface area contributed by atoms with E-state index in [1.165, 1.54) is 11.6 Å². The van der Waals surface area contributed by atoms with Crippen molar-refractivity contribution in [1.29, 1.82) is 0 Å². The van der Waals surface area contributed by atoms with Crippen molar-refractivity contribution < 1.29 is 14.0 Å². The molecule has 3 aromatic rings. The molecule has 0 spiro atoms. The minimum atomic E-state index is -0.437. The number of carbonyl (C=O) groups is 2. The van der Waals surface area contributed by atoms with E-state index in [0.717, 1.165) is 18.4 Å². The Bertz CT molecular complexity index is 955. The van der Waals surface area contributed by atoms with Gasteiger partial charge < -0.3 is 10.2 Å². The maximum absolute atomic E-state index is 13.7. The fourth-order valence-electron chi connectivity index (χ4n) is 3.70. The second-order valence-electron chi connectivity index (χ2n) is 7.44. The van der Waals surface area contributed by atoms with Crippen LogP contribution in [-0.2, 0) is 11.3 Å². The van der Waals surface area contributed by atoms with Gasteiger partial charge in [0.15, 0.2) is 0 Å². The molecule has 2 amide bonds. The topological polar surface area (TPSA) is 49.4 Å². The monoisotopic (exact) mass is 418 g/mol. The lowest BCUT2D eigenvalue weighted by molar-refractivity contribution is -0.109. The van der Waals surface area contributed by atoms with Gasteiger partial charge in [0.05, 0.1) is 5.56 Å². The number of hydrogen-bond acceptors (Lipinski definition) is 2. The summed E-state index contributed by atoms with van der Waals surface area (Å²) in [6.45, 7) is 1.99. The summed E-state index contributed by atoms with van der Waals surface area (Å²) in [6, 6.07) is 26.4. The number of nitrogens with one attached hydrogen (secondary N) is 1. The number of amides is 2. The smallest absolute Gasteiger partial charge is 0.256 e. The summed E-state index contributed by atoms with van der Waals surface area (Å²) in [5.74, 6) is -0.136. The Kier molecular flexibility index (Phi) is 8.35. The molecule has 4 nitrogen and oxygen atoms in total. The van der Waals surface area contributed by atoms with Crippen LogP contribution in [0.25, 0.3) is 0 Å². The quantitative estimate of drug-likeness (QED) is 0.607. The summed E-state index contributed by atoms with van der Waals surface area (Å²) >= 11 is 0. The number of halogens is 1. The number of hydrogen-bond donors (Lipinski definition) is 1. The van der Waals surface area contributed by atoms with Crippen molar-refractivity contribution in [3.05, 3.63) is 107 Å². The van der Waals surface area contributed by atoms with Crippen molar-refractivity contribution in [2.45, 2.75) is 25.3 Å². The van der Waals surface area contributed by atoms with Gasteiger partial charge in [-0.25, -0.2) is 4.39 Å². The second-order valence-corrected chi connectivity index (χ2v) is 7.44. The maximum Gasteiger partial charge on any atom is 0.256 e.